The van der Waals surface area contributed by atoms with E-state index in [2.05, 4.69) is 42.5 Å². The second-order valence-corrected chi connectivity index (χ2v) is 7.73. The SMILES string of the molecule is O=C(c1ccccc1)[C@H](c1ccccc1)[C@H](c1ccccc1)[NH+]1CCCCC1. The summed E-state index contributed by atoms with van der Waals surface area (Å²) in [7, 11) is 0. The number of quaternary nitrogens is 1. The van der Waals surface area contributed by atoms with Crippen molar-refractivity contribution >= 4 is 5.78 Å². The fourth-order valence-electron chi connectivity index (χ4n) is 4.58. The third-order valence-electron chi connectivity index (χ3n) is 5.93. The highest BCUT2D eigenvalue weighted by Gasteiger charge is 2.39. The first-order chi connectivity index (χ1) is 13.8. The molecule has 1 aliphatic rings. The van der Waals surface area contributed by atoms with Crippen LogP contribution in [0.3, 0.4) is 0 Å². The van der Waals surface area contributed by atoms with Gasteiger partial charge in [-0.15, -0.1) is 0 Å². The molecule has 0 unspecified atom stereocenters. The van der Waals surface area contributed by atoms with Crippen LogP contribution in [-0.2, 0) is 0 Å². The van der Waals surface area contributed by atoms with Crippen molar-refractivity contribution in [3.63, 3.8) is 0 Å². The maximum Gasteiger partial charge on any atom is 0.176 e. The van der Waals surface area contributed by atoms with Crippen molar-refractivity contribution in [3.05, 3.63) is 108 Å². The molecule has 28 heavy (non-hydrogen) atoms. The number of piperidine rings is 1. The monoisotopic (exact) mass is 370 g/mol. The van der Waals surface area contributed by atoms with E-state index < -0.39 is 0 Å². The number of carbonyl (C=O) groups excluding carboxylic acids is 1. The van der Waals surface area contributed by atoms with Crippen LogP contribution in [0.4, 0.5) is 0 Å². The van der Waals surface area contributed by atoms with E-state index in [4.69, 9.17) is 0 Å². The highest BCUT2D eigenvalue weighted by atomic mass is 16.1. The average Bonchev–Trinajstić information content (AvgIpc) is 2.79. The molecule has 2 nitrogen and oxygen atoms in total. The van der Waals surface area contributed by atoms with Crippen molar-refractivity contribution < 1.29 is 9.69 Å². The Hall–Kier alpha value is -2.71. The number of hydrogen-bond acceptors (Lipinski definition) is 1. The highest BCUT2D eigenvalue weighted by molar-refractivity contribution is 6.01. The Bertz CT molecular complexity index is 870. The van der Waals surface area contributed by atoms with Gasteiger partial charge in [0, 0.05) is 11.1 Å². The van der Waals surface area contributed by atoms with E-state index in [9.17, 15) is 4.79 Å². The second kappa shape index (κ2) is 8.99. The van der Waals surface area contributed by atoms with Gasteiger partial charge in [0.25, 0.3) is 0 Å². The molecule has 1 aliphatic heterocycles. The molecule has 0 amide bonds. The summed E-state index contributed by atoms with van der Waals surface area (Å²) in [6, 6.07) is 30.9. The molecule has 1 heterocycles. The first-order valence-electron chi connectivity index (χ1n) is 10.4. The van der Waals surface area contributed by atoms with Crippen LogP contribution in [0.15, 0.2) is 91.0 Å². The molecule has 1 saturated heterocycles. The minimum atomic E-state index is -0.181. The number of nitrogens with one attached hydrogen (secondary N) is 1. The second-order valence-electron chi connectivity index (χ2n) is 7.73. The van der Waals surface area contributed by atoms with Gasteiger partial charge in [0.05, 0.1) is 13.1 Å². The van der Waals surface area contributed by atoms with Gasteiger partial charge in [0.1, 0.15) is 12.0 Å². The maximum atomic E-state index is 13.8. The van der Waals surface area contributed by atoms with Crippen LogP contribution in [0.2, 0.25) is 0 Å². The third-order valence-corrected chi connectivity index (χ3v) is 5.93. The number of benzene rings is 3. The number of rotatable bonds is 6. The largest absolute Gasteiger partial charge is 0.328 e. The number of Topliss-reactive ketones (excluding diaryl/α,β-unsaturated/α-hetero) is 1. The minimum absolute atomic E-state index is 0.136. The van der Waals surface area contributed by atoms with Gasteiger partial charge < -0.3 is 4.90 Å². The van der Waals surface area contributed by atoms with E-state index in [1.165, 1.54) is 29.7 Å². The Labute approximate surface area is 167 Å². The highest BCUT2D eigenvalue weighted by Crippen LogP contribution is 2.32. The Morgan fingerprint density at radius 3 is 1.71 bits per heavy atom. The average molecular weight is 371 g/mol. The summed E-state index contributed by atoms with van der Waals surface area (Å²) in [6.45, 7) is 2.26. The molecule has 0 aliphatic carbocycles. The van der Waals surface area contributed by atoms with E-state index in [-0.39, 0.29) is 17.7 Å². The topological polar surface area (TPSA) is 21.5 Å². The molecule has 0 bridgehead atoms. The van der Waals surface area contributed by atoms with Gasteiger partial charge in [-0.3, -0.25) is 4.79 Å². The number of likely N-dealkylation sites (tertiary alicyclic amines) is 1. The number of carbonyl (C=O) groups is 1. The van der Waals surface area contributed by atoms with Crippen LogP contribution >= 0.6 is 0 Å². The van der Waals surface area contributed by atoms with Crippen LogP contribution in [0, 0.1) is 0 Å². The summed E-state index contributed by atoms with van der Waals surface area (Å²) in [5.74, 6) is 0.0397. The third kappa shape index (κ3) is 4.07. The molecular formula is C26H28NO+. The molecule has 0 aromatic heterocycles. The number of ketones is 1. The van der Waals surface area contributed by atoms with Crippen molar-refractivity contribution in [2.45, 2.75) is 31.2 Å². The van der Waals surface area contributed by atoms with Crippen LogP contribution in [-0.4, -0.2) is 18.9 Å². The minimum Gasteiger partial charge on any atom is -0.328 e. The van der Waals surface area contributed by atoms with Gasteiger partial charge in [0.2, 0.25) is 0 Å². The summed E-state index contributed by atoms with van der Waals surface area (Å²) in [6.07, 6.45) is 3.77. The van der Waals surface area contributed by atoms with E-state index in [1.54, 1.807) is 0 Å². The fraction of sp³-hybridized carbons (Fsp3) is 0.269. The number of hydrogen-bond donors (Lipinski definition) is 1. The van der Waals surface area contributed by atoms with E-state index in [0.29, 0.717) is 0 Å². The van der Waals surface area contributed by atoms with Gasteiger partial charge in [-0.1, -0.05) is 91.0 Å². The Morgan fingerprint density at radius 1 is 0.643 bits per heavy atom. The van der Waals surface area contributed by atoms with Crippen LogP contribution in [0.1, 0.15) is 52.7 Å². The van der Waals surface area contributed by atoms with Crippen molar-refractivity contribution in [1.29, 1.82) is 0 Å². The first kappa shape index (κ1) is 18.6. The molecule has 142 valence electrons. The Kier molecular flexibility index (Phi) is 5.98. The normalized spacial score (nSPS) is 17.0. The van der Waals surface area contributed by atoms with Gasteiger partial charge >= 0.3 is 0 Å². The molecule has 0 radical (unpaired) electrons. The predicted molar refractivity (Wildman–Crippen MR) is 114 cm³/mol. The molecule has 3 aromatic rings. The summed E-state index contributed by atoms with van der Waals surface area (Å²) in [5.41, 5.74) is 3.18. The zero-order valence-corrected chi connectivity index (χ0v) is 16.3. The molecule has 4 rings (SSSR count). The zero-order valence-electron chi connectivity index (χ0n) is 16.3. The van der Waals surface area contributed by atoms with Gasteiger partial charge in [0.15, 0.2) is 5.78 Å². The maximum absolute atomic E-state index is 13.8. The molecule has 1 fully saturated rings. The van der Waals surface area contributed by atoms with Crippen LogP contribution in [0.5, 0.6) is 0 Å². The molecule has 2 atom stereocenters. The van der Waals surface area contributed by atoms with Crippen LogP contribution < -0.4 is 4.90 Å². The molecule has 2 heteroatoms. The lowest BCUT2D eigenvalue weighted by Gasteiger charge is -2.36. The lowest BCUT2D eigenvalue weighted by atomic mass is 9.80. The van der Waals surface area contributed by atoms with E-state index in [0.717, 1.165) is 24.2 Å². The van der Waals surface area contributed by atoms with Crippen LogP contribution in [0.25, 0.3) is 0 Å². The Morgan fingerprint density at radius 2 is 1.14 bits per heavy atom. The van der Waals surface area contributed by atoms with Crippen molar-refractivity contribution in [2.75, 3.05) is 13.1 Å². The van der Waals surface area contributed by atoms with Gasteiger partial charge in [-0.05, 0) is 24.8 Å². The molecular weight excluding hydrogens is 342 g/mol. The summed E-state index contributed by atoms with van der Waals surface area (Å²) in [5, 5.41) is 0. The van der Waals surface area contributed by atoms with Gasteiger partial charge in [-0.2, -0.15) is 0 Å². The standard InChI is InChI=1S/C26H27NO/c28-26(23-17-9-3-10-18-23)24(21-13-5-1-6-14-21)25(22-15-7-2-8-16-22)27-19-11-4-12-20-27/h1-3,5-10,13-18,24-25H,4,11-12,19-20H2/p+1/t24-,25+/m1/s1. The molecule has 1 N–H and O–H groups in total. The summed E-state index contributed by atoms with van der Waals surface area (Å²) in [4.78, 5) is 15.3. The van der Waals surface area contributed by atoms with Crippen molar-refractivity contribution in [3.8, 4) is 0 Å². The van der Waals surface area contributed by atoms with Crippen molar-refractivity contribution in [2.24, 2.45) is 0 Å². The van der Waals surface area contributed by atoms with E-state index >= 15 is 0 Å². The molecule has 0 spiro atoms. The van der Waals surface area contributed by atoms with Gasteiger partial charge in [-0.25, -0.2) is 0 Å². The summed E-state index contributed by atoms with van der Waals surface area (Å²) < 4.78 is 0. The van der Waals surface area contributed by atoms with Crippen molar-refractivity contribution in [1.82, 2.24) is 0 Å². The zero-order chi connectivity index (χ0) is 19.2. The quantitative estimate of drug-likeness (QED) is 0.636. The first-order valence-corrected chi connectivity index (χ1v) is 10.4. The lowest BCUT2D eigenvalue weighted by Crippen LogP contribution is -3.13. The summed E-state index contributed by atoms with van der Waals surface area (Å²) >= 11 is 0. The molecule has 3 aromatic carbocycles. The van der Waals surface area contributed by atoms with E-state index in [1.807, 2.05) is 48.5 Å². The predicted octanol–water partition coefficient (Wildman–Crippen LogP) is 4.46. The Balaban J connectivity index is 1.82. The fourth-order valence-corrected chi connectivity index (χ4v) is 4.58. The lowest BCUT2D eigenvalue weighted by molar-refractivity contribution is -0.937. The molecule has 0 saturated carbocycles. The smallest absolute Gasteiger partial charge is 0.176 e.